The molecule has 1 saturated heterocycles. The fourth-order valence-corrected chi connectivity index (χ4v) is 5.06. The van der Waals surface area contributed by atoms with Crippen molar-refractivity contribution in [1.29, 1.82) is 0 Å². The van der Waals surface area contributed by atoms with Crippen molar-refractivity contribution in [3.8, 4) is 11.5 Å². The molecule has 1 N–H and O–H groups in total. The van der Waals surface area contributed by atoms with Crippen LogP contribution in [0.4, 0.5) is 0 Å². The quantitative estimate of drug-likeness (QED) is 0.335. The standard InChI is InChI=1S/C31H39NO4/c1-3-4-10-21-36-27-17-15-26(16-18-27)31(33,28-13-8-9-14-30(28)34-2)29(25-11-6-5-7-12-25)24-32-19-22-35-23-20-32/h5-9,11-18,29,33H,3-4,10,19-24H2,1-2H3. The Labute approximate surface area is 215 Å². The van der Waals surface area contributed by atoms with Crippen molar-refractivity contribution >= 4 is 0 Å². The summed E-state index contributed by atoms with van der Waals surface area (Å²) < 4.78 is 17.3. The summed E-state index contributed by atoms with van der Waals surface area (Å²) in [6, 6.07) is 26.0. The Hall–Kier alpha value is -2.86. The second kappa shape index (κ2) is 12.9. The van der Waals surface area contributed by atoms with Gasteiger partial charge in [0.1, 0.15) is 17.1 Å². The van der Waals surface area contributed by atoms with Gasteiger partial charge in [-0.3, -0.25) is 4.90 Å². The lowest BCUT2D eigenvalue weighted by Crippen LogP contribution is -2.45. The highest BCUT2D eigenvalue weighted by Gasteiger charge is 2.44. The number of para-hydroxylation sites is 1. The lowest BCUT2D eigenvalue weighted by molar-refractivity contribution is -0.000153. The van der Waals surface area contributed by atoms with Gasteiger partial charge in [0.2, 0.25) is 0 Å². The van der Waals surface area contributed by atoms with Gasteiger partial charge in [-0.25, -0.2) is 0 Å². The van der Waals surface area contributed by atoms with E-state index in [4.69, 9.17) is 14.2 Å². The van der Waals surface area contributed by atoms with E-state index in [2.05, 4.69) is 24.0 Å². The van der Waals surface area contributed by atoms with E-state index in [1.54, 1.807) is 7.11 Å². The van der Waals surface area contributed by atoms with Gasteiger partial charge in [0.15, 0.2) is 0 Å². The van der Waals surface area contributed by atoms with Crippen LogP contribution in [0.25, 0.3) is 0 Å². The van der Waals surface area contributed by atoms with Gasteiger partial charge in [-0.1, -0.05) is 80.4 Å². The normalized spacial score (nSPS) is 16.8. The topological polar surface area (TPSA) is 51.2 Å². The van der Waals surface area contributed by atoms with Crippen LogP contribution in [0.5, 0.6) is 11.5 Å². The Bertz CT molecular complexity index is 1050. The summed E-state index contributed by atoms with van der Waals surface area (Å²) in [5.74, 6) is 1.26. The van der Waals surface area contributed by atoms with Gasteiger partial charge in [0.05, 0.1) is 26.9 Å². The zero-order valence-corrected chi connectivity index (χ0v) is 21.6. The lowest BCUT2D eigenvalue weighted by atomic mass is 9.72. The highest BCUT2D eigenvalue weighted by atomic mass is 16.5. The van der Waals surface area contributed by atoms with Gasteiger partial charge in [-0.15, -0.1) is 0 Å². The van der Waals surface area contributed by atoms with Crippen molar-refractivity contribution in [2.24, 2.45) is 0 Å². The maximum absolute atomic E-state index is 12.9. The number of methoxy groups -OCH3 is 1. The van der Waals surface area contributed by atoms with Crippen LogP contribution in [0, 0.1) is 0 Å². The number of benzene rings is 3. The summed E-state index contributed by atoms with van der Waals surface area (Å²) in [6.07, 6.45) is 3.36. The van der Waals surface area contributed by atoms with Crippen LogP contribution < -0.4 is 9.47 Å². The summed E-state index contributed by atoms with van der Waals surface area (Å²) in [6.45, 7) is 6.68. The minimum atomic E-state index is -1.33. The third kappa shape index (κ3) is 6.09. The molecule has 0 amide bonds. The van der Waals surface area contributed by atoms with E-state index in [0.29, 0.717) is 32.1 Å². The average molecular weight is 490 g/mol. The highest BCUT2D eigenvalue weighted by Crippen LogP contribution is 2.46. The van der Waals surface area contributed by atoms with Crippen molar-refractivity contribution in [2.75, 3.05) is 46.6 Å². The van der Waals surface area contributed by atoms with Gasteiger partial charge in [-0.05, 0) is 35.7 Å². The van der Waals surface area contributed by atoms with Crippen molar-refractivity contribution in [1.82, 2.24) is 4.90 Å². The second-order valence-corrected chi connectivity index (χ2v) is 9.42. The molecule has 36 heavy (non-hydrogen) atoms. The maximum atomic E-state index is 12.9. The summed E-state index contributed by atoms with van der Waals surface area (Å²) in [5, 5.41) is 12.9. The average Bonchev–Trinajstić information content (AvgIpc) is 2.95. The van der Waals surface area contributed by atoms with Crippen LogP contribution in [-0.2, 0) is 10.3 Å². The summed E-state index contributed by atoms with van der Waals surface area (Å²) >= 11 is 0. The number of nitrogens with zero attached hydrogens (tertiary/aromatic N) is 1. The van der Waals surface area contributed by atoms with Gasteiger partial charge >= 0.3 is 0 Å². The highest BCUT2D eigenvalue weighted by molar-refractivity contribution is 5.49. The first-order chi connectivity index (χ1) is 17.7. The number of ether oxygens (including phenoxy) is 3. The predicted molar refractivity (Wildman–Crippen MR) is 144 cm³/mol. The van der Waals surface area contributed by atoms with Gasteiger partial charge in [-0.2, -0.15) is 0 Å². The molecule has 3 aromatic carbocycles. The molecule has 1 heterocycles. The van der Waals surface area contributed by atoms with Crippen LogP contribution >= 0.6 is 0 Å². The second-order valence-electron chi connectivity index (χ2n) is 9.42. The molecule has 5 heteroatoms. The first-order valence-corrected chi connectivity index (χ1v) is 13.1. The molecule has 0 aliphatic carbocycles. The molecule has 2 atom stereocenters. The maximum Gasteiger partial charge on any atom is 0.126 e. The number of hydrogen-bond donors (Lipinski definition) is 1. The Morgan fingerprint density at radius 3 is 2.31 bits per heavy atom. The zero-order valence-electron chi connectivity index (χ0n) is 21.6. The molecule has 4 rings (SSSR count). The number of morpholine rings is 1. The predicted octanol–water partition coefficient (Wildman–Crippen LogP) is 5.62. The number of aliphatic hydroxyl groups is 1. The van der Waals surface area contributed by atoms with Crippen molar-refractivity contribution < 1.29 is 19.3 Å². The molecule has 0 bridgehead atoms. The van der Waals surface area contributed by atoms with E-state index >= 15 is 0 Å². The van der Waals surface area contributed by atoms with E-state index in [0.717, 1.165) is 54.8 Å². The van der Waals surface area contributed by atoms with Crippen LogP contribution in [0.3, 0.4) is 0 Å². The third-order valence-corrected chi connectivity index (χ3v) is 7.08. The largest absolute Gasteiger partial charge is 0.496 e. The molecule has 5 nitrogen and oxygen atoms in total. The molecular formula is C31H39NO4. The van der Waals surface area contributed by atoms with Crippen LogP contribution in [-0.4, -0.2) is 56.6 Å². The van der Waals surface area contributed by atoms with E-state index < -0.39 is 5.60 Å². The van der Waals surface area contributed by atoms with Crippen molar-refractivity contribution in [2.45, 2.75) is 37.7 Å². The van der Waals surface area contributed by atoms with Gasteiger partial charge in [0.25, 0.3) is 0 Å². The van der Waals surface area contributed by atoms with Crippen molar-refractivity contribution in [3.63, 3.8) is 0 Å². The molecule has 0 radical (unpaired) electrons. The van der Waals surface area contributed by atoms with Gasteiger partial charge < -0.3 is 19.3 Å². The number of hydrogen-bond acceptors (Lipinski definition) is 5. The molecule has 0 saturated carbocycles. The van der Waals surface area contributed by atoms with Crippen LogP contribution in [0.2, 0.25) is 0 Å². The summed E-state index contributed by atoms with van der Waals surface area (Å²) in [7, 11) is 1.66. The minimum Gasteiger partial charge on any atom is -0.496 e. The van der Waals surface area contributed by atoms with E-state index in [9.17, 15) is 5.11 Å². The summed E-state index contributed by atoms with van der Waals surface area (Å²) in [5.41, 5.74) is 1.33. The Kier molecular flexibility index (Phi) is 9.40. The molecule has 192 valence electrons. The molecule has 0 spiro atoms. The van der Waals surface area contributed by atoms with Gasteiger partial charge in [0, 0.05) is 31.1 Å². The number of rotatable bonds is 12. The molecule has 0 aromatic heterocycles. The molecule has 2 unspecified atom stereocenters. The monoisotopic (exact) mass is 489 g/mol. The third-order valence-electron chi connectivity index (χ3n) is 7.08. The van der Waals surface area contributed by atoms with Crippen LogP contribution in [0.1, 0.15) is 48.8 Å². The molecule has 1 aliphatic heterocycles. The first kappa shape index (κ1) is 26.2. The molecule has 1 fully saturated rings. The Morgan fingerprint density at radius 2 is 1.61 bits per heavy atom. The molecule has 1 aliphatic rings. The smallest absolute Gasteiger partial charge is 0.126 e. The molecule has 3 aromatic rings. The zero-order chi connectivity index (χ0) is 25.2. The lowest BCUT2D eigenvalue weighted by Gasteiger charge is -2.41. The fraction of sp³-hybridized carbons (Fsp3) is 0.419. The SMILES string of the molecule is CCCCCOc1ccc(C(O)(c2ccccc2OC)C(CN2CCOCC2)c2ccccc2)cc1. The van der Waals surface area contributed by atoms with E-state index in [1.807, 2.05) is 66.7 Å². The van der Waals surface area contributed by atoms with Crippen LogP contribution in [0.15, 0.2) is 78.9 Å². The van der Waals surface area contributed by atoms with Crippen molar-refractivity contribution in [3.05, 3.63) is 95.6 Å². The number of unbranched alkanes of at least 4 members (excludes halogenated alkanes) is 2. The first-order valence-electron chi connectivity index (χ1n) is 13.1. The Balaban J connectivity index is 1.77. The van der Waals surface area contributed by atoms with E-state index in [1.165, 1.54) is 0 Å². The summed E-state index contributed by atoms with van der Waals surface area (Å²) in [4.78, 5) is 2.38. The van der Waals surface area contributed by atoms with E-state index in [-0.39, 0.29) is 5.92 Å². The molecular weight excluding hydrogens is 450 g/mol. The Morgan fingerprint density at radius 1 is 0.917 bits per heavy atom. The fourth-order valence-electron chi connectivity index (χ4n) is 5.06. The minimum absolute atomic E-state index is 0.232.